The molecule has 0 amide bonds. The summed E-state index contributed by atoms with van der Waals surface area (Å²) in [6, 6.07) is 2.40. The van der Waals surface area contributed by atoms with Crippen LogP contribution >= 0.6 is 0 Å². The molecular weight excluding hydrogens is 226 g/mol. The SMILES string of the molecule is COc1cnc(C)cc1N1CCC(C(C)N)CC1. The molecular formula is C14H23N3O. The quantitative estimate of drug-likeness (QED) is 0.889. The van der Waals surface area contributed by atoms with Crippen molar-refractivity contribution >= 4 is 5.69 Å². The van der Waals surface area contributed by atoms with Gasteiger partial charge in [0, 0.05) is 24.8 Å². The minimum Gasteiger partial charge on any atom is -0.493 e. The van der Waals surface area contributed by atoms with Gasteiger partial charge in [-0.05, 0) is 38.7 Å². The molecule has 0 bridgehead atoms. The topological polar surface area (TPSA) is 51.4 Å². The molecule has 2 rings (SSSR count). The lowest BCUT2D eigenvalue weighted by Gasteiger charge is -2.35. The molecule has 1 aliphatic rings. The molecule has 1 fully saturated rings. The van der Waals surface area contributed by atoms with Crippen molar-refractivity contribution in [2.24, 2.45) is 11.7 Å². The maximum absolute atomic E-state index is 5.98. The van der Waals surface area contributed by atoms with Gasteiger partial charge in [0.05, 0.1) is 19.0 Å². The largest absolute Gasteiger partial charge is 0.493 e. The van der Waals surface area contributed by atoms with Crippen LogP contribution in [0.3, 0.4) is 0 Å². The van der Waals surface area contributed by atoms with E-state index >= 15 is 0 Å². The summed E-state index contributed by atoms with van der Waals surface area (Å²) in [5, 5.41) is 0. The van der Waals surface area contributed by atoms with Gasteiger partial charge in [-0.1, -0.05) is 0 Å². The van der Waals surface area contributed by atoms with E-state index in [4.69, 9.17) is 10.5 Å². The smallest absolute Gasteiger partial charge is 0.160 e. The molecule has 18 heavy (non-hydrogen) atoms. The highest BCUT2D eigenvalue weighted by Crippen LogP contribution is 2.31. The lowest BCUT2D eigenvalue weighted by Crippen LogP contribution is -2.39. The van der Waals surface area contributed by atoms with Crippen LogP contribution in [-0.2, 0) is 0 Å². The zero-order valence-corrected chi connectivity index (χ0v) is 11.5. The Morgan fingerprint density at radius 2 is 2.11 bits per heavy atom. The fourth-order valence-electron chi connectivity index (χ4n) is 2.60. The van der Waals surface area contributed by atoms with E-state index in [1.165, 1.54) is 0 Å². The van der Waals surface area contributed by atoms with Gasteiger partial charge in [-0.2, -0.15) is 0 Å². The van der Waals surface area contributed by atoms with Gasteiger partial charge in [-0.3, -0.25) is 4.98 Å². The number of ether oxygens (including phenoxy) is 1. The van der Waals surface area contributed by atoms with Gasteiger partial charge in [0.15, 0.2) is 5.75 Å². The maximum atomic E-state index is 5.98. The van der Waals surface area contributed by atoms with Crippen molar-refractivity contribution < 1.29 is 4.74 Å². The van der Waals surface area contributed by atoms with Gasteiger partial charge in [0.25, 0.3) is 0 Å². The number of hydrogen-bond acceptors (Lipinski definition) is 4. The minimum atomic E-state index is 0.299. The molecule has 0 aliphatic carbocycles. The highest BCUT2D eigenvalue weighted by molar-refractivity contribution is 5.58. The first-order valence-corrected chi connectivity index (χ1v) is 6.63. The maximum Gasteiger partial charge on any atom is 0.160 e. The number of nitrogens with two attached hydrogens (primary N) is 1. The molecule has 1 aliphatic heterocycles. The number of rotatable bonds is 3. The van der Waals surface area contributed by atoms with Crippen LogP contribution < -0.4 is 15.4 Å². The van der Waals surface area contributed by atoms with Crippen molar-refractivity contribution in [3.8, 4) is 5.75 Å². The van der Waals surface area contributed by atoms with Crippen molar-refractivity contribution in [2.75, 3.05) is 25.1 Å². The molecule has 1 aromatic heterocycles. The summed E-state index contributed by atoms with van der Waals surface area (Å²) >= 11 is 0. The number of aromatic nitrogens is 1. The minimum absolute atomic E-state index is 0.299. The van der Waals surface area contributed by atoms with Crippen molar-refractivity contribution in [3.63, 3.8) is 0 Å². The lowest BCUT2D eigenvalue weighted by molar-refractivity contribution is 0.350. The molecule has 1 saturated heterocycles. The zero-order chi connectivity index (χ0) is 13.1. The van der Waals surface area contributed by atoms with Gasteiger partial charge in [0.1, 0.15) is 0 Å². The third kappa shape index (κ3) is 2.75. The third-order valence-electron chi connectivity index (χ3n) is 3.83. The monoisotopic (exact) mass is 249 g/mol. The molecule has 1 aromatic rings. The molecule has 0 saturated carbocycles. The Bertz CT molecular complexity index is 398. The third-order valence-corrected chi connectivity index (χ3v) is 3.83. The Hall–Kier alpha value is -1.29. The molecule has 1 unspecified atom stereocenters. The molecule has 1 atom stereocenters. The average molecular weight is 249 g/mol. The van der Waals surface area contributed by atoms with Crippen LogP contribution in [-0.4, -0.2) is 31.2 Å². The summed E-state index contributed by atoms with van der Waals surface area (Å²) in [7, 11) is 1.70. The van der Waals surface area contributed by atoms with Crippen molar-refractivity contribution in [3.05, 3.63) is 18.0 Å². The second-order valence-electron chi connectivity index (χ2n) is 5.18. The Kier molecular flexibility index (Phi) is 4.07. The molecule has 0 aromatic carbocycles. The number of pyridine rings is 1. The number of nitrogens with zero attached hydrogens (tertiary/aromatic N) is 2. The Morgan fingerprint density at radius 3 is 2.67 bits per heavy atom. The van der Waals surface area contributed by atoms with E-state index in [0.29, 0.717) is 12.0 Å². The van der Waals surface area contributed by atoms with E-state index in [2.05, 4.69) is 22.9 Å². The van der Waals surface area contributed by atoms with E-state index in [9.17, 15) is 0 Å². The van der Waals surface area contributed by atoms with Crippen molar-refractivity contribution in [2.45, 2.75) is 32.7 Å². The standard InChI is InChI=1S/C14H23N3O/c1-10-8-13(14(18-3)9-16-10)17-6-4-12(5-7-17)11(2)15/h8-9,11-12H,4-7,15H2,1-3H3. The number of aryl methyl sites for hydroxylation is 1. The van der Waals surface area contributed by atoms with E-state index in [-0.39, 0.29) is 0 Å². The normalized spacial score (nSPS) is 18.8. The number of hydrogen-bond donors (Lipinski definition) is 1. The van der Waals surface area contributed by atoms with Crippen LogP contribution in [0.5, 0.6) is 5.75 Å². The van der Waals surface area contributed by atoms with E-state index < -0.39 is 0 Å². The fraction of sp³-hybridized carbons (Fsp3) is 0.643. The van der Waals surface area contributed by atoms with E-state index in [1.807, 2.05) is 13.1 Å². The van der Waals surface area contributed by atoms with Crippen LogP contribution in [0.15, 0.2) is 12.3 Å². The van der Waals surface area contributed by atoms with Crippen molar-refractivity contribution in [1.29, 1.82) is 0 Å². The summed E-state index contributed by atoms with van der Waals surface area (Å²) < 4.78 is 5.40. The number of piperidine rings is 1. The predicted molar refractivity (Wildman–Crippen MR) is 74.1 cm³/mol. The van der Waals surface area contributed by atoms with Crippen LogP contribution in [0.25, 0.3) is 0 Å². The molecule has 2 N–H and O–H groups in total. The first-order chi connectivity index (χ1) is 8.61. The van der Waals surface area contributed by atoms with Gasteiger partial charge in [-0.15, -0.1) is 0 Å². The predicted octanol–water partition coefficient (Wildman–Crippen LogP) is 1.96. The van der Waals surface area contributed by atoms with Gasteiger partial charge in [-0.25, -0.2) is 0 Å². The fourth-order valence-corrected chi connectivity index (χ4v) is 2.60. The number of methoxy groups -OCH3 is 1. The second-order valence-corrected chi connectivity index (χ2v) is 5.18. The highest BCUT2D eigenvalue weighted by Gasteiger charge is 2.23. The van der Waals surface area contributed by atoms with Gasteiger partial charge < -0.3 is 15.4 Å². The Morgan fingerprint density at radius 1 is 1.44 bits per heavy atom. The number of anilines is 1. The van der Waals surface area contributed by atoms with E-state index in [0.717, 1.165) is 43.1 Å². The Balaban J connectivity index is 2.11. The van der Waals surface area contributed by atoms with E-state index in [1.54, 1.807) is 7.11 Å². The zero-order valence-electron chi connectivity index (χ0n) is 11.5. The molecule has 100 valence electrons. The molecule has 4 heteroatoms. The summed E-state index contributed by atoms with van der Waals surface area (Å²) in [5.74, 6) is 1.51. The van der Waals surface area contributed by atoms with Crippen LogP contribution in [0.1, 0.15) is 25.5 Å². The van der Waals surface area contributed by atoms with Gasteiger partial charge >= 0.3 is 0 Å². The average Bonchev–Trinajstić information content (AvgIpc) is 2.39. The van der Waals surface area contributed by atoms with Crippen molar-refractivity contribution in [1.82, 2.24) is 4.98 Å². The lowest BCUT2D eigenvalue weighted by atomic mass is 9.91. The van der Waals surface area contributed by atoms with Crippen LogP contribution in [0.2, 0.25) is 0 Å². The molecule has 0 radical (unpaired) electrons. The van der Waals surface area contributed by atoms with Crippen LogP contribution in [0.4, 0.5) is 5.69 Å². The molecule has 0 spiro atoms. The summed E-state index contributed by atoms with van der Waals surface area (Å²) in [6.07, 6.45) is 4.12. The van der Waals surface area contributed by atoms with Crippen LogP contribution in [0, 0.1) is 12.8 Å². The summed E-state index contributed by atoms with van der Waals surface area (Å²) in [4.78, 5) is 6.66. The summed E-state index contributed by atoms with van der Waals surface area (Å²) in [6.45, 7) is 6.22. The highest BCUT2D eigenvalue weighted by atomic mass is 16.5. The molecule has 4 nitrogen and oxygen atoms in total. The second kappa shape index (κ2) is 5.57. The first-order valence-electron chi connectivity index (χ1n) is 6.63. The first kappa shape index (κ1) is 13.1. The van der Waals surface area contributed by atoms with Gasteiger partial charge in [0.2, 0.25) is 0 Å². The molecule has 2 heterocycles. The summed E-state index contributed by atoms with van der Waals surface area (Å²) in [5.41, 5.74) is 8.17. The Labute approximate surface area is 109 Å².